The Hall–Kier alpha value is -0.680. The van der Waals surface area contributed by atoms with E-state index in [4.69, 9.17) is 5.73 Å². The van der Waals surface area contributed by atoms with Crippen molar-refractivity contribution in [3.63, 3.8) is 0 Å². The third-order valence-electron chi connectivity index (χ3n) is 3.67. The van der Waals surface area contributed by atoms with Gasteiger partial charge < -0.3 is 11.1 Å². The molecule has 0 bridgehead atoms. The van der Waals surface area contributed by atoms with E-state index in [1.165, 1.54) is 12.8 Å². The summed E-state index contributed by atoms with van der Waals surface area (Å²) in [5.41, 5.74) is 5.96. The molecule has 1 saturated carbocycles. The van der Waals surface area contributed by atoms with Crippen molar-refractivity contribution in [2.75, 3.05) is 11.9 Å². The predicted octanol–water partition coefficient (Wildman–Crippen LogP) is 2.56. The standard InChI is InChI=1S/C12H19BrN4/c1-9-2-4-12(7-14,5-3-9)17-11-10(13)6-15-8-16-11/h6,8-9H,2-5,7,14H2,1H3,(H,15,16,17). The zero-order chi connectivity index (χ0) is 12.3. The van der Waals surface area contributed by atoms with Crippen LogP contribution in [-0.2, 0) is 0 Å². The molecule has 0 aliphatic heterocycles. The maximum atomic E-state index is 5.96. The smallest absolute Gasteiger partial charge is 0.144 e. The van der Waals surface area contributed by atoms with E-state index >= 15 is 0 Å². The maximum Gasteiger partial charge on any atom is 0.144 e. The van der Waals surface area contributed by atoms with E-state index in [1.54, 1.807) is 12.5 Å². The van der Waals surface area contributed by atoms with E-state index in [0.717, 1.165) is 29.1 Å². The van der Waals surface area contributed by atoms with Crippen LogP contribution in [0.2, 0.25) is 0 Å². The lowest BCUT2D eigenvalue weighted by Crippen LogP contribution is -2.48. The first-order valence-electron chi connectivity index (χ1n) is 6.09. The van der Waals surface area contributed by atoms with Gasteiger partial charge in [-0.25, -0.2) is 9.97 Å². The molecule has 17 heavy (non-hydrogen) atoms. The number of halogens is 1. The second-order valence-electron chi connectivity index (χ2n) is 5.01. The average Bonchev–Trinajstić information content (AvgIpc) is 2.35. The molecule has 0 unspecified atom stereocenters. The molecular formula is C12H19BrN4. The van der Waals surface area contributed by atoms with Crippen LogP contribution in [0.25, 0.3) is 0 Å². The van der Waals surface area contributed by atoms with Crippen LogP contribution in [0.4, 0.5) is 5.82 Å². The zero-order valence-electron chi connectivity index (χ0n) is 10.1. The number of aromatic nitrogens is 2. The summed E-state index contributed by atoms with van der Waals surface area (Å²) in [6, 6.07) is 0. The monoisotopic (exact) mass is 298 g/mol. The van der Waals surface area contributed by atoms with E-state index < -0.39 is 0 Å². The second kappa shape index (κ2) is 5.31. The Morgan fingerprint density at radius 3 is 2.82 bits per heavy atom. The molecule has 1 aliphatic carbocycles. The highest BCUT2D eigenvalue weighted by molar-refractivity contribution is 9.10. The molecule has 1 aliphatic rings. The van der Waals surface area contributed by atoms with Crippen LogP contribution in [0.3, 0.4) is 0 Å². The van der Waals surface area contributed by atoms with Crippen LogP contribution < -0.4 is 11.1 Å². The molecule has 1 aromatic heterocycles. The number of hydrogen-bond donors (Lipinski definition) is 2. The summed E-state index contributed by atoms with van der Waals surface area (Å²) in [5, 5.41) is 3.51. The van der Waals surface area contributed by atoms with Gasteiger partial charge in [0.25, 0.3) is 0 Å². The van der Waals surface area contributed by atoms with E-state index in [-0.39, 0.29) is 5.54 Å². The van der Waals surface area contributed by atoms with Gasteiger partial charge in [-0.1, -0.05) is 6.92 Å². The summed E-state index contributed by atoms with van der Waals surface area (Å²) in [7, 11) is 0. The van der Waals surface area contributed by atoms with Gasteiger partial charge in [-0.15, -0.1) is 0 Å². The fourth-order valence-electron chi connectivity index (χ4n) is 2.35. The normalized spacial score (nSPS) is 29.0. The fourth-order valence-corrected chi connectivity index (χ4v) is 2.67. The Kier molecular flexibility index (Phi) is 3.99. The number of nitrogens with one attached hydrogen (secondary N) is 1. The molecule has 0 spiro atoms. The van der Waals surface area contributed by atoms with Gasteiger partial charge in [0, 0.05) is 12.7 Å². The molecule has 1 aromatic rings. The zero-order valence-corrected chi connectivity index (χ0v) is 11.7. The molecule has 4 nitrogen and oxygen atoms in total. The van der Waals surface area contributed by atoms with Gasteiger partial charge in [-0.3, -0.25) is 0 Å². The summed E-state index contributed by atoms with van der Waals surface area (Å²) in [6.07, 6.45) is 8.00. The molecular weight excluding hydrogens is 280 g/mol. The molecule has 1 fully saturated rings. The topological polar surface area (TPSA) is 63.8 Å². The van der Waals surface area contributed by atoms with Crippen molar-refractivity contribution in [1.29, 1.82) is 0 Å². The van der Waals surface area contributed by atoms with E-state index in [0.29, 0.717) is 6.54 Å². The molecule has 5 heteroatoms. The number of anilines is 1. The maximum absolute atomic E-state index is 5.96. The van der Waals surface area contributed by atoms with Gasteiger partial charge in [0.1, 0.15) is 12.1 Å². The molecule has 94 valence electrons. The molecule has 0 saturated heterocycles. The van der Waals surface area contributed by atoms with E-state index in [2.05, 4.69) is 38.1 Å². The highest BCUT2D eigenvalue weighted by atomic mass is 79.9. The first kappa shape index (κ1) is 12.8. The minimum Gasteiger partial charge on any atom is -0.362 e. The van der Waals surface area contributed by atoms with Crippen LogP contribution in [0.15, 0.2) is 17.0 Å². The van der Waals surface area contributed by atoms with Crippen LogP contribution >= 0.6 is 15.9 Å². The predicted molar refractivity (Wildman–Crippen MR) is 72.8 cm³/mol. The Morgan fingerprint density at radius 1 is 1.53 bits per heavy atom. The molecule has 3 N–H and O–H groups in total. The van der Waals surface area contributed by atoms with Gasteiger partial charge in [0.05, 0.1) is 10.0 Å². The van der Waals surface area contributed by atoms with Crippen LogP contribution in [0.5, 0.6) is 0 Å². The van der Waals surface area contributed by atoms with Crippen LogP contribution in [-0.4, -0.2) is 22.1 Å². The van der Waals surface area contributed by atoms with E-state index in [1.807, 2.05) is 0 Å². The Bertz CT molecular complexity index is 375. The lowest BCUT2D eigenvalue weighted by Gasteiger charge is -2.39. The number of rotatable bonds is 3. The third kappa shape index (κ3) is 2.96. The largest absolute Gasteiger partial charge is 0.362 e. The quantitative estimate of drug-likeness (QED) is 0.900. The van der Waals surface area contributed by atoms with Crippen molar-refractivity contribution in [3.8, 4) is 0 Å². The van der Waals surface area contributed by atoms with Gasteiger partial charge in [0.15, 0.2) is 0 Å². The fraction of sp³-hybridized carbons (Fsp3) is 0.667. The highest BCUT2D eigenvalue weighted by Gasteiger charge is 2.33. The lowest BCUT2D eigenvalue weighted by atomic mass is 9.77. The van der Waals surface area contributed by atoms with Gasteiger partial charge in [-0.2, -0.15) is 0 Å². The first-order valence-corrected chi connectivity index (χ1v) is 6.88. The minimum absolute atomic E-state index is 0.00336. The van der Waals surface area contributed by atoms with Gasteiger partial charge in [-0.05, 0) is 47.5 Å². The molecule has 1 heterocycles. The van der Waals surface area contributed by atoms with Gasteiger partial charge >= 0.3 is 0 Å². The Balaban J connectivity index is 2.12. The van der Waals surface area contributed by atoms with Crippen molar-refractivity contribution < 1.29 is 0 Å². The number of nitrogens with two attached hydrogens (primary N) is 1. The Morgan fingerprint density at radius 2 is 2.24 bits per heavy atom. The summed E-state index contributed by atoms with van der Waals surface area (Å²) >= 11 is 3.46. The first-order chi connectivity index (χ1) is 8.15. The minimum atomic E-state index is 0.00336. The molecule has 0 atom stereocenters. The molecule has 0 amide bonds. The summed E-state index contributed by atoms with van der Waals surface area (Å²) < 4.78 is 0.895. The Labute approximate surface area is 111 Å². The van der Waals surface area contributed by atoms with Crippen molar-refractivity contribution in [1.82, 2.24) is 9.97 Å². The third-order valence-corrected chi connectivity index (χ3v) is 4.25. The van der Waals surface area contributed by atoms with Crippen LogP contribution in [0, 0.1) is 5.92 Å². The summed E-state index contributed by atoms with van der Waals surface area (Å²) in [5.74, 6) is 1.66. The number of hydrogen-bond acceptors (Lipinski definition) is 4. The van der Waals surface area contributed by atoms with Gasteiger partial charge in [0.2, 0.25) is 0 Å². The summed E-state index contributed by atoms with van der Waals surface area (Å²) in [4.78, 5) is 8.23. The average molecular weight is 299 g/mol. The van der Waals surface area contributed by atoms with Crippen molar-refractivity contribution >= 4 is 21.7 Å². The van der Waals surface area contributed by atoms with Crippen LogP contribution in [0.1, 0.15) is 32.6 Å². The second-order valence-corrected chi connectivity index (χ2v) is 5.87. The number of nitrogens with zero attached hydrogens (tertiary/aromatic N) is 2. The van der Waals surface area contributed by atoms with E-state index in [9.17, 15) is 0 Å². The lowest BCUT2D eigenvalue weighted by molar-refractivity contribution is 0.271. The van der Waals surface area contributed by atoms with Crippen molar-refractivity contribution in [3.05, 3.63) is 17.0 Å². The SMILES string of the molecule is CC1CCC(CN)(Nc2ncncc2Br)CC1. The molecule has 2 rings (SSSR count). The molecule has 0 aromatic carbocycles. The van der Waals surface area contributed by atoms with Crippen molar-refractivity contribution in [2.24, 2.45) is 11.7 Å². The highest BCUT2D eigenvalue weighted by Crippen LogP contribution is 2.34. The molecule has 0 radical (unpaired) electrons. The summed E-state index contributed by atoms with van der Waals surface area (Å²) in [6.45, 7) is 2.96. The van der Waals surface area contributed by atoms with Crippen molar-refractivity contribution in [2.45, 2.75) is 38.1 Å².